The standard InChI is InChI=1S/C26H26N2O2S/c1-15(2)19-8-10-20(11-9-19)22(29)13-28-14-27-25-24(26(28)30)23(18(5)31-25)21-7-6-16(3)17(4)12-21/h6-12,14-15H,13H2,1-5H3. The zero-order chi connectivity index (χ0) is 22.3. The quantitative estimate of drug-likeness (QED) is 0.362. The highest BCUT2D eigenvalue weighted by molar-refractivity contribution is 7.19. The van der Waals surface area contributed by atoms with Crippen molar-refractivity contribution < 1.29 is 4.79 Å². The molecule has 0 aliphatic rings. The van der Waals surface area contributed by atoms with Crippen LogP contribution in [0, 0.1) is 20.8 Å². The number of ketones is 1. The number of benzene rings is 2. The van der Waals surface area contributed by atoms with Crippen molar-refractivity contribution in [2.24, 2.45) is 0 Å². The summed E-state index contributed by atoms with van der Waals surface area (Å²) >= 11 is 1.52. The molecule has 4 rings (SSSR count). The molecule has 31 heavy (non-hydrogen) atoms. The molecular weight excluding hydrogens is 404 g/mol. The van der Waals surface area contributed by atoms with Gasteiger partial charge in [0.05, 0.1) is 18.3 Å². The number of Topliss-reactive ketones (excluding diaryl/α,β-unsaturated/α-hetero) is 1. The Bertz CT molecular complexity index is 1340. The summed E-state index contributed by atoms with van der Waals surface area (Å²) in [5.41, 5.74) is 5.94. The predicted molar refractivity (Wildman–Crippen MR) is 128 cm³/mol. The van der Waals surface area contributed by atoms with Crippen molar-refractivity contribution in [1.82, 2.24) is 9.55 Å². The molecule has 0 fully saturated rings. The molecule has 0 bridgehead atoms. The molecule has 0 N–H and O–H groups in total. The normalized spacial score (nSPS) is 11.4. The van der Waals surface area contributed by atoms with Gasteiger partial charge in [-0.2, -0.15) is 0 Å². The number of fused-ring (bicyclic) bond motifs is 1. The summed E-state index contributed by atoms with van der Waals surface area (Å²) < 4.78 is 1.43. The number of thiophene rings is 1. The number of aromatic nitrogens is 2. The van der Waals surface area contributed by atoms with Gasteiger partial charge in [0, 0.05) is 16.0 Å². The average Bonchev–Trinajstić information content (AvgIpc) is 3.09. The fraction of sp³-hybridized carbons (Fsp3) is 0.269. The van der Waals surface area contributed by atoms with E-state index < -0.39 is 0 Å². The van der Waals surface area contributed by atoms with Crippen LogP contribution in [0.4, 0.5) is 0 Å². The molecule has 158 valence electrons. The van der Waals surface area contributed by atoms with Crippen molar-refractivity contribution >= 4 is 27.3 Å². The van der Waals surface area contributed by atoms with Gasteiger partial charge in [-0.1, -0.05) is 56.3 Å². The molecule has 5 heteroatoms. The van der Waals surface area contributed by atoms with Crippen LogP contribution in [0.5, 0.6) is 0 Å². The molecule has 0 radical (unpaired) electrons. The maximum Gasteiger partial charge on any atom is 0.263 e. The Morgan fingerprint density at radius 2 is 1.74 bits per heavy atom. The van der Waals surface area contributed by atoms with Crippen molar-refractivity contribution in [3.05, 3.63) is 86.3 Å². The Balaban J connectivity index is 1.74. The van der Waals surface area contributed by atoms with E-state index >= 15 is 0 Å². The molecule has 0 spiro atoms. The Kier molecular flexibility index (Phi) is 5.63. The summed E-state index contributed by atoms with van der Waals surface area (Å²) in [5, 5.41) is 0.594. The van der Waals surface area contributed by atoms with Gasteiger partial charge in [0.15, 0.2) is 5.78 Å². The number of hydrogen-bond acceptors (Lipinski definition) is 4. The Morgan fingerprint density at radius 1 is 1.03 bits per heavy atom. The summed E-state index contributed by atoms with van der Waals surface area (Å²) in [6.45, 7) is 10.4. The summed E-state index contributed by atoms with van der Waals surface area (Å²) in [6.07, 6.45) is 1.49. The lowest BCUT2D eigenvalue weighted by Gasteiger charge is -2.09. The Labute approximate surface area is 186 Å². The second-order valence-corrected chi connectivity index (χ2v) is 9.59. The highest BCUT2D eigenvalue weighted by Gasteiger charge is 2.18. The average molecular weight is 431 g/mol. The van der Waals surface area contributed by atoms with E-state index in [9.17, 15) is 9.59 Å². The van der Waals surface area contributed by atoms with Gasteiger partial charge in [-0.05, 0) is 48.9 Å². The smallest absolute Gasteiger partial charge is 0.263 e. The molecule has 0 unspecified atom stereocenters. The minimum Gasteiger partial charge on any atom is -0.292 e. The third kappa shape index (κ3) is 3.98. The van der Waals surface area contributed by atoms with Crippen LogP contribution in [0.25, 0.3) is 21.3 Å². The zero-order valence-corrected chi connectivity index (χ0v) is 19.3. The van der Waals surface area contributed by atoms with E-state index in [1.807, 2.05) is 31.2 Å². The molecule has 0 saturated carbocycles. The van der Waals surface area contributed by atoms with E-state index in [0.29, 0.717) is 21.7 Å². The van der Waals surface area contributed by atoms with E-state index in [1.54, 1.807) is 0 Å². The number of rotatable bonds is 5. The maximum absolute atomic E-state index is 13.4. The predicted octanol–water partition coefficient (Wildman–Crippen LogP) is 6.06. The van der Waals surface area contributed by atoms with Crippen molar-refractivity contribution in [1.29, 1.82) is 0 Å². The Hall–Kier alpha value is -3.05. The van der Waals surface area contributed by atoms with Gasteiger partial charge in [-0.15, -0.1) is 11.3 Å². The molecule has 0 atom stereocenters. The fourth-order valence-electron chi connectivity index (χ4n) is 3.79. The van der Waals surface area contributed by atoms with Crippen LogP contribution in [0.1, 0.15) is 51.7 Å². The lowest BCUT2D eigenvalue weighted by atomic mass is 9.99. The van der Waals surface area contributed by atoms with Crippen molar-refractivity contribution in [2.45, 2.75) is 47.1 Å². The summed E-state index contributed by atoms with van der Waals surface area (Å²) in [5.74, 6) is 0.308. The molecule has 2 aromatic heterocycles. The maximum atomic E-state index is 13.4. The van der Waals surface area contributed by atoms with Crippen LogP contribution >= 0.6 is 11.3 Å². The lowest BCUT2D eigenvalue weighted by Crippen LogP contribution is -2.24. The number of hydrogen-bond donors (Lipinski definition) is 0. The molecule has 4 aromatic rings. The molecular formula is C26H26N2O2S. The first-order valence-electron chi connectivity index (χ1n) is 10.5. The molecule has 0 aliphatic heterocycles. The SMILES string of the molecule is Cc1ccc(-c2c(C)sc3ncn(CC(=O)c4ccc(C(C)C)cc4)c(=O)c23)cc1C. The van der Waals surface area contributed by atoms with Crippen molar-refractivity contribution in [3.8, 4) is 11.1 Å². The monoisotopic (exact) mass is 430 g/mol. The minimum atomic E-state index is -0.172. The first-order valence-corrected chi connectivity index (χ1v) is 11.3. The third-order valence-corrected chi connectivity index (χ3v) is 6.88. The lowest BCUT2D eigenvalue weighted by molar-refractivity contribution is 0.0970. The van der Waals surface area contributed by atoms with Crippen molar-refractivity contribution in [3.63, 3.8) is 0 Å². The number of nitrogens with zero attached hydrogens (tertiary/aromatic N) is 2. The summed E-state index contributed by atoms with van der Waals surface area (Å²) in [7, 11) is 0. The fourth-order valence-corrected chi connectivity index (χ4v) is 4.80. The second kappa shape index (κ2) is 8.23. The van der Waals surface area contributed by atoms with Crippen LogP contribution < -0.4 is 5.56 Å². The van der Waals surface area contributed by atoms with Gasteiger partial charge in [0.1, 0.15) is 4.83 Å². The molecule has 2 aromatic carbocycles. The van der Waals surface area contributed by atoms with Crippen LogP contribution in [0.15, 0.2) is 53.6 Å². The van der Waals surface area contributed by atoms with Gasteiger partial charge in [-0.25, -0.2) is 4.98 Å². The highest BCUT2D eigenvalue weighted by Crippen LogP contribution is 2.36. The van der Waals surface area contributed by atoms with E-state index in [-0.39, 0.29) is 17.9 Å². The van der Waals surface area contributed by atoms with E-state index in [1.165, 1.54) is 38.9 Å². The van der Waals surface area contributed by atoms with Crippen LogP contribution in [-0.4, -0.2) is 15.3 Å². The highest BCUT2D eigenvalue weighted by atomic mass is 32.1. The van der Waals surface area contributed by atoms with Crippen molar-refractivity contribution in [2.75, 3.05) is 0 Å². The Morgan fingerprint density at radius 3 is 2.39 bits per heavy atom. The topological polar surface area (TPSA) is 52.0 Å². The molecule has 0 amide bonds. The molecule has 2 heterocycles. The largest absolute Gasteiger partial charge is 0.292 e. The summed E-state index contributed by atoms with van der Waals surface area (Å²) in [6, 6.07) is 13.9. The number of carbonyl (C=O) groups is 1. The van der Waals surface area contributed by atoms with Crippen LogP contribution in [0.3, 0.4) is 0 Å². The van der Waals surface area contributed by atoms with E-state index in [0.717, 1.165) is 16.0 Å². The molecule has 0 aliphatic carbocycles. The van der Waals surface area contributed by atoms with Gasteiger partial charge in [0.25, 0.3) is 5.56 Å². The van der Waals surface area contributed by atoms with Crippen LogP contribution in [-0.2, 0) is 6.54 Å². The van der Waals surface area contributed by atoms with Gasteiger partial charge < -0.3 is 0 Å². The summed E-state index contributed by atoms with van der Waals surface area (Å²) in [4.78, 5) is 32.5. The second-order valence-electron chi connectivity index (χ2n) is 8.39. The van der Waals surface area contributed by atoms with Gasteiger partial charge in [0.2, 0.25) is 0 Å². The minimum absolute atomic E-state index is 0.0238. The number of aryl methyl sites for hydroxylation is 3. The van der Waals surface area contributed by atoms with E-state index in [4.69, 9.17) is 0 Å². The number of carbonyl (C=O) groups excluding carboxylic acids is 1. The van der Waals surface area contributed by atoms with Gasteiger partial charge >= 0.3 is 0 Å². The molecule has 0 saturated heterocycles. The first kappa shape index (κ1) is 21.2. The third-order valence-electron chi connectivity index (χ3n) is 5.86. The van der Waals surface area contributed by atoms with Crippen LogP contribution in [0.2, 0.25) is 0 Å². The van der Waals surface area contributed by atoms with Gasteiger partial charge in [-0.3, -0.25) is 14.2 Å². The zero-order valence-electron chi connectivity index (χ0n) is 18.5. The van der Waals surface area contributed by atoms with E-state index in [2.05, 4.69) is 50.9 Å². The first-order chi connectivity index (χ1) is 14.8. The molecule has 4 nitrogen and oxygen atoms in total.